The Hall–Kier alpha value is -2.58. The second-order valence-electron chi connectivity index (χ2n) is 8.67. The molecule has 2 aromatic carbocycles. The predicted molar refractivity (Wildman–Crippen MR) is 132 cm³/mol. The van der Waals surface area contributed by atoms with E-state index >= 15 is 0 Å². The van der Waals surface area contributed by atoms with E-state index in [2.05, 4.69) is 31.3 Å². The number of methoxy groups -OCH3 is 2. The van der Waals surface area contributed by atoms with E-state index in [1.54, 1.807) is 6.07 Å². The normalized spacial score (nSPS) is 16.3. The van der Waals surface area contributed by atoms with Crippen LogP contribution in [0.5, 0.6) is 11.5 Å². The van der Waals surface area contributed by atoms with Gasteiger partial charge in [-0.15, -0.1) is 0 Å². The molecule has 1 N–H and O–H groups in total. The second-order valence-corrected chi connectivity index (χ2v) is 10.6. The van der Waals surface area contributed by atoms with E-state index in [-0.39, 0.29) is 22.8 Å². The maximum Gasteiger partial charge on any atom is 0.243 e. The van der Waals surface area contributed by atoms with Gasteiger partial charge in [0.1, 0.15) is 0 Å². The summed E-state index contributed by atoms with van der Waals surface area (Å²) in [4.78, 5) is 13.3. The van der Waals surface area contributed by atoms with E-state index in [9.17, 15) is 13.2 Å². The molecule has 1 aliphatic rings. The zero-order valence-electron chi connectivity index (χ0n) is 20.5. The molecule has 0 bridgehead atoms. The Morgan fingerprint density at radius 1 is 1.00 bits per heavy atom. The SMILES string of the molecule is CCC(CC)C(NC(=O)C1CCN(S(=O)(=O)c2ccc(OC)c(OC)c2)CC1)c1ccccc1. The third-order valence-electron chi connectivity index (χ3n) is 6.79. The summed E-state index contributed by atoms with van der Waals surface area (Å²) in [6, 6.07) is 14.6. The van der Waals surface area contributed by atoms with Gasteiger partial charge in [0.05, 0.1) is 25.2 Å². The molecule has 186 valence electrons. The number of hydrogen-bond donors (Lipinski definition) is 1. The number of amides is 1. The maximum atomic E-state index is 13.2. The lowest BCUT2D eigenvalue weighted by atomic mass is 9.87. The molecule has 0 radical (unpaired) electrons. The van der Waals surface area contributed by atoms with Gasteiger partial charge < -0.3 is 14.8 Å². The van der Waals surface area contributed by atoms with Crippen LogP contribution in [0.25, 0.3) is 0 Å². The molecule has 34 heavy (non-hydrogen) atoms. The first-order valence-electron chi connectivity index (χ1n) is 11.9. The molecular formula is C26H36N2O5S. The minimum atomic E-state index is -3.69. The van der Waals surface area contributed by atoms with E-state index in [1.165, 1.54) is 30.7 Å². The number of carbonyl (C=O) groups is 1. The number of rotatable bonds is 10. The molecule has 1 saturated heterocycles. The average molecular weight is 489 g/mol. The number of piperidine rings is 1. The highest BCUT2D eigenvalue weighted by Crippen LogP contribution is 2.33. The smallest absolute Gasteiger partial charge is 0.243 e. The lowest BCUT2D eigenvalue weighted by Gasteiger charge is -2.33. The van der Waals surface area contributed by atoms with Crippen molar-refractivity contribution in [3.05, 3.63) is 54.1 Å². The van der Waals surface area contributed by atoms with Crippen LogP contribution in [-0.4, -0.2) is 45.9 Å². The van der Waals surface area contributed by atoms with Crippen molar-refractivity contribution in [3.63, 3.8) is 0 Å². The van der Waals surface area contributed by atoms with Gasteiger partial charge in [0.25, 0.3) is 0 Å². The first-order chi connectivity index (χ1) is 16.3. The molecule has 1 amide bonds. The van der Waals surface area contributed by atoms with Crippen molar-refractivity contribution in [3.8, 4) is 11.5 Å². The zero-order valence-corrected chi connectivity index (χ0v) is 21.3. The molecule has 7 nitrogen and oxygen atoms in total. The Bertz CT molecular complexity index is 1050. The van der Waals surface area contributed by atoms with Crippen molar-refractivity contribution < 1.29 is 22.7 Å². The van der Waals surface area contributed by atoms with Gasteiger partial charge in [0, 0.05) is 25.1 Å². The highest BCUT2D eigenvalue weighted by Gasteiger charge is 2.34. The van der Waals surface area contributed by atoms with Crippen LogP contribution in [0, 0.1) is 11.8 Å². The van der Waals surface area contributed by atoms with Gasteiger partial charge in [-0.05, 0) is 36.5 Å². The van der Waals surface area contributed by atoms with Crippen LogP contribution in [0.1, 0.15) is 51.1 Å². The Morgan fingerprint density at radius 3 is 2.18 bits per heavy atom. The Balaban J connectivity index is 1.68. The molecule has 0 spiro atoms. The van der Waals surface area contributed by atoms with E-state index in [4.69, 9.17) is 9.47 Å². The van der Waals surface area contributed by atoms with Crippen LogP contribution in [-0.2, 0) is 14.8 Å². The van der Waals surface area contributed by atoms with Crippen molar-refractivity contribution >= 4 is 15.9 Å². The average Bonchev–Trinajstić information content (AvgIpc) is 2.88. The van der Waals surface area contributed by atoms with Crippen LogP contribution >= 0.6 is 0 Å². The zero-order chi connectivity index (χ0) is 24.7. The molecule has 8 heteroatoms. The lowest BCUT2D eigenvalue weighted by molar-refractivity contribution is -0.127. The number of sulfonamides is 1. The molecule has 2 aromatic rings. The summed E-state index contributed by atoms with van der Waals surface area (Å²) in [5.41, 5.74) is 1.11. The van der Waals surface area contributed by atoms with Crippen LogP contribution in [0.2, 0.25) is 0 Å². The summed E-state index contributed by atoms with van der Waals surface area (Å²) in [7, 11) is -0.708. The third kappa shape index (κ3) is 5.73. The summed E-state index contributed by atoms with van der Waals surface area (Å²) in [5, 5.41) is 3.28. The maximum absolute atomic E-state index is 13.2. The summed E-state index contributed by atoms with van der Waals surface area (Å²) < 4.78 is 38.3. The standard InChI is InChI=1S/C26H36N2O5S/c1-5-19(6-2)25(20-10-8-7-9-11-20)27-26(29)21-14-16-28(17-15-21)34(30,31)22-12-13-23(32-3)24(18-22)33-4/h7-13,18-19,21,25H,5-6,14-17H2,1-4H3,(H,27,29). The predicted octanol–water partition coefficient (Wildman–Crippen LogP) is 4.40. The Morgan fingerprint density at radius 2 is 1.62 bits per heavy atom. The summed E-state index contributed by atoms with van der Waals surface area (Å²) in [5.74, 6) is 0.978. The fourth-order valence-corrected chi connectivity index (χ4v) is 6.13. The minimum Gasteiger partial charge on any atom is -0.493 e. The van der Waals surface area contributed by atoms with E-state index in [1.807, 2.05) is 18.2 Å². The van der Waals surface area contributed by atoms with E-state index < -0.39 is 10.0 Å². The molecule has 0 aromatic heterocycles. The largest absolute Gasteiger partial charge is 0.493 e. The fraction of sp³-hybridized carbons (Fsp3) is 0.500. The number of ether oxygens (including phenoxy) is 2. The summed E-state index contributed by atoms with van der Waals surface area (Å²) >= 11 is 0. The number of carbonyl (C=O) groups excluding carboxylic acids is 1. The highest BCUT2D eigenvalue weighted by atomic mass is 32.2. The minimum absolute atomic E-state index is 0.00363. The van der Waals surface area contributed by atoms with Gasteiger partial charge in [0.2, 0.25) is 15.9 Å². The Labute approximate surface area is 203 Å². The molecule has 0 saturated carbocycles. The van der Waals surface area contributed by atoms with Crippen molar-refractivity contribution in [2.24, 2.45) is 11.8 Å². The molecule has 1 atom stereocenters. The van der Waals surface area contributed by atoms with Crippen molar-refractivity contribution in [2.75, 3.05) is 27.3 Å². The van der Waals surface area contributed by atoms with Gasteiger partial charge in [-0.25, -0.2) is 8.42 Å². The molecule has 3 rings (SSSR count). The topological polar surface area (TPSA) is 84.9 Å². The Kier molecular flexibility index (Phi) is 8.97. The molecular weight excluding hydrogens is 452 g/mol. The van der Waals surface area contributed by atoms with Crippen LogP contribution in [0.3, 0.4) is 0 Å². The van der Waals surface area contributed by atoms with E-state index in [0.717, 1.165) is 18.4 Å². The monoisotopic (exact) mass is 488 g/mol. The number of nitrogens with zero attached hydrogens (tertiary/aromatic N) is 1. The highest BCUT2D eigenvalue weighted by molar-refractivity contribution is 7.89. The number of hydrogen-bond acceptors (Lipinski definition) is 5. The summed E-state index contributed by atoms with van der Waals surface area (Å²) in [6.07, 6.45) is 2.92. The molecule has 1 aliphatic heterocycles. The number of benzene rings is 2. The van der Waals surface area contributed by atoms with E-state index in [0.29, 0.717) is 43.3 Å². The van der Waals surface area contributed by atoms with Crippen molar-refractivity contribution in [2.45, 2.75) is 50.5 Å². The van der Waals surface area contributed by atoms with Crippen molar-refractivity contribution in [1.29, 1.82) is 0 Å². The molecule has 1 unspecified atom stereocenters. The van der Waals surface area contributed by atoms with Gasteiger partial charge in [-0.3, -0.25) is 4.79 Å². The second kappa shape index (κ2) is 11.7. The first-order valence-corrected chi connectivity index (χ1v) is 13.4. The number of nitrogens with one attached hydrogen (secondary N) is 1. The summed E-state index contributed by atoms with van der Waals surface area (Å²) in [6.45, 7) is 4.90. The fourth-order valence-electron chi connectivity index (χ4n) is 4.65. The van der Waals surface area contributed by atoms with Gasteiger partial charge in [-0.1, -0.05) is 57.0 Å². The van der Waals surface area contributed by atoms with Gasteiger partial charge in [0.15, 0.2) is 11.5 Å². The van der Waals surface area contributed by atoms with Crippen molar-refractivity contribution in [1.82, 2.24) is 9.62 Å². The van der Waals surface area contributed by atoms with Crippen LogP contribution < -0.4 is 14.8 Å². The van der Waals surface area contributed by atoms with Crippen LogP contribution in [0.15, 0.2) is 53.4 Å². The quantitative estimate of drug-likeness (QED) is 0.536. The molecule has 0 aliphatic carbocycles. The molecule has 1 heterocycles. The third-order valence-corrected chi connectivity index (χ3v) is 8.69. The van der Waals surface area contributed by atoms with Gasteiger partial charge >= 0.3 is 0 Å². The lowest BCUT2D eigenvalue weighted by Crippen LogP contribution is -2.44. The van der Waals surface area contributed by atoms with Gasteiger partial charge in [-0.2, -0.15) is 4.31 Å². The van der Waals surface area contributed by atoms with Crippen LogP contribution in [0.4, 0.5) is 0 Å². The first kappa shape index (κ1) is 26.0. The molecule has 1 fully saturated rings.